The Bertz CT molecular complexity index is 644. The van der Waals surface area contributed by atoms with Crippen molar-refractivity contribution in [1.29, 1.82) is 0 Å². The molecule has 0 aliphatic carbocycles. The molecule has 1 aromatic carbocycles. The summed E-state index contributed by atoms with van der Waals surface area (Å²) in [5, 5.41) is 13.7. The maximum atomic E-state index is 9.25. The third-order valence-electron chi connectivity index (χ3n) is 2.66. The van der Waals surface area contributed by atoms with E-state index < -0.39 is 0 Å². The summed E-state index contributed by atoms with van der Waals surface area (Å²) in [4.78, 5) is 4.07. The minimum Gasteiger partial charge on any atom is -0.508 e. The third-order valence-corrected chi connectivity index (χ3v) is 2.66. The molecule has 88 valence electrons. The van der Waals surface area contributed by atoms with E-state index in [9.17, 15) is 5.11 Å². The molecule has 0 atom stereocenters. The molecule has 2 heterocycles. The van der Waals surface area contributed by atoms with Crippen LogP contribution in [0.5, 0.6) is 5.75 Å². The second-order valence-corrected chi connectivity index (χ2v) is 3.90. The number of benzene rings is 1. The second-order valence-electron chi connectivity index (χ2n) is 3.90. The monoisotopic (exact) mass is 237 g/mol. The molecule has 3 aromatic rings. The van der Waals surface area contributed by atoms with Crippen molar-refractivity contribution in [3.63, 3.8) is 0 Å². The first-order valence-electron chi connectivity index (χ1n) is 5.58. The molecule has 18 heavy (non-hydrogen) atoms. The summed E-state index contributed by atoms with van der Waals surface area (Å²) in [6.45, 7) is 0. The molecule has 0 saturated carbocycles. The van der Waals surface area contributed by atoms with Gasteiger partial charge in [0.2, 0.25) is 0 Å². The number of phenols is 1. The van der Waals surface area contributed by atoms with Gasteiger partial charge in [-0.1, -0.05) is 0 Å². The van der Waals surface area contributed by atoms with Crippen LogP contribution in [0.15, 0.2) is 61.1 Å². The molecule has 0 spiro atoms. The summed E-state index contributed by atoms with van der Waals surface area (Å²) in [6, 6.07) is 12.7. The lowest BCUT2D eigenvalue weighted by molar-refractivity contribution is 0.475. The van der Waals surface area contributed by atoms with Gasteiger partial charge < -0.3 is 5.11 Å². The molecule has 4 nitrogen and oxygen atoms in total. The van der Waals surface area contributed by atoms with Crippen LogP contribution < -0.4 is 0 Å². The van der Waals surface area contributed by atoms with Gasteiger partial charge in [0.05, 0.1) is 11.4 Å². The van der Waals surface area contributed by atoms with Crippen molar-refractivity contribution in [3.8, 4) is 22.7 Å². The molecule has 0 amide bonds. The lowest BCUT2D eigenvalue weighted by atomic mass is 10.2. The fourth-order valence-electron chi connectivity index (χ4n) is 1.74. The minimum absolute atomic E-state index is 0.249. The Hall–Kier alpha value is -2.62. The number of aromatic nitrogens is 3. The summed E-state index contributed by atoms with van der Waals surface area (Å²) in [5.74, 6) is 0.249. The fraction of sp³-hybridized carbons (Fsp3) is 0. The van der Waals surface area contributed by atoms with E-state index in [0.717, 1.165) is 16.9 Å². The van der Waals surface area contributed by atoms with E-state index in [1.165, 1.54) is 0 Å². The van der Waals surface area contributed by atoms with Gasteiger partial charge in [-0.2, -0.15) is 5.10 Å². The predicted molar refractivity (Wildman–Crippen MR) is 68.5 cm³/mol. The maximum absolute atomic E-state index is 9.25. The zero-order valence-electron chi connectivity index (χ0n) is 9.56. The first-order chi connectivity index (χ1) is 8.83. The van der Waals surface area contributed by atoms with Crippen LogP contribution in [-0.2, 0) is 0 Å². The Morgan fingerprint density at radius 2 is 1.83 bits per heavy atom. The highest BCUT2D eigenvalue weighted by Gasteiger charge is 2.03. The summed E-state index contributed by atoms with van der Waals surface area (Å²) >= 11 is 0. The van der Waals surface area contributed by atoms with E-state index in [1.807, 2.05) is 36.5 Å². The minimum atomic E-state index is 0.249. The number of nitrogens with zero attached hydrogens (tertiary/aromatic N) is 3. The molecule has 0 bridgehead atoms. The largest absolute Gasteiger partial charge is 0.508 e. The number of aromatic hydroxyl groups is 1. The van der Waals surface area contributed by atoms with E-state index in [-0.39, 0.29) is 5.75 Å². The molecular formula is C14H11N3O. The van der Waals surface area contributed by atoms with Crippen LogP contribution in [0.1, 0.15) is 0 Å². The van der Waals surface area contributed by atoms with Crippen LogP contribution in [0.2, 0.25) is 0 Å². The molecule has 0 aliphatic heterocycles. The summed E-state index contributed by atoms with van der Waals surface area (Å²) in [7, 11) is 0. The smallest absolute Gasteiger partial charge is 0.115 e. The first kappa shape index (κ1) is 10.5. The second kappa shape index (κ2) is 4.33. The van der Waals surface area contributed by atoms with Crippen molar-refractivity contribution in [2.45, 2.75) is 0 Å². The van der Waals surface area contributed by atoms with Gasteiger partial charge in [-0.3, -0.25) is 4.98 Å². The molecular weight excluding hydrogens is 226 g/mol. The third kappa shape index (κ3) is 1.96. The molecule has 0 unspecified atom stereocenters. The number of hydrogen-bond acceptors (Lipinski definition) is 3. The van der Waals surface area contributed by atoms with Crippen LogP contribution >= 0.6 is 0 Å². The standard InChI is InChI=1S/C14H11N3O/c18-13-5-3-12(4-6-13)17-9-7-14(16-17)11-2-1-8-15-10-11/h1-10,18H. The van der Waals surface area contributed by atoms with Gasteiger partial charge in [0, 0.05) is 24.2 Å². The van der Waals surface area contributed by atoms with Gasteiger partial charge >= 0.3 is 0 Å². The van der Waals surface area contributed by atoms with Crippen molar-refractivity contribution in [2.75, 3.05) is 0 Å². The number of pyridine rings is 1. The van der Waals surface area contributed by atoms with Crippen LogP contribution in [-0.4, -0.2) is 19.9 Å². The Morgan fingerprint density at radius 3 is 2.56 bits per heavy atom. The first-order valence-corrected chi connectivity index (χ1v) is 5.58. The van der Waals surface area contributed by atoms with E-state index >= 15 is 0 Å². The van der Waals surface area contributed by atoms with Gasteiger partial charge in [0.15, 0.2) is 0 Å². The molecule has 1 N–H and O–H groups in total. The fourth-order valence-corrected chi connectivity index (χ4v) is 1.74. The van der Waals surface area contributed by atoms with Crippen LogP contribution in [0.4, 0.5) is 0 Å². The van der Waals surface area contributed by atoms with Gasteiger partial charge in [-0.15, -0.1) is 0 Å². The van der Waals surface area contributed by atoms with E-state index in [0.29, 0.717) is 0 Å². The number of hydrogen-bond donors (Lipinski definition) is 1. The van der Waals surface area contributed by atoms with Crippen LogP contribution in [0.3, 0.4) is 0 Å². The van der Waals surface area contributed by atoms with Gasteiger partial charge in [0.1, 0.15) is 5.75 Å². The SMILES string of the molecule is Oc1ccc(-n2ccc(-c3cccnc3)n2)cc1. The Morgan fingerprint density at radius 1 is 1.00 bits per heavy atom. The Kier molecular flexibility index (Phi) is 2.53. The highest BCUT2D eigenvalue weighted by Crippen LogP contribution is 2.18. The normalized spacial score (nSPS) is 10.4. The summed E-state index contributed by atoms with van der Waals surface area (Å²) < 4.78 is 1.77. The van der Waals surface area contributed by atoms with Gasteiger partial charge in [0.25, 0.3) is 0 Å². The zero-order chi connectivity index (χ0) is 12.4. The highest BCUT2D eigenvalue weighted by molar-refractivity contribution is 5.57. The maximum Gasteiger partial charge on any atom is 0.115 e. The van der Waals surface area contributed by atoms with Gasteiger partial charge in [-0.05, 0) is 42.5 Å². The van der Waals surface area contributed by atoms with Crippen molar-refractivity contribution >= 4 is 0 Å². The van der Waals surface area contributed by atoms with E-state index in [2.05, 4.69) is 10.1 Å². The molecule has 0 fully saturated rings. The lowest BCUT2D eigenvalue weighted by Gasteiger charge is -2.01. The van der Waals surface area contributed by atoms with Crippen molar-refractivity contribution in [3.05, 3.63) is 61.1 Å². The molecule has 0 saturated heterocycles. The summed E-state index contributed by atoms with van der Waals surface area (Å²) in [6.07, 6.45) is 5.40. The molecule has 2 aromatic heterocycles. The van der Waals surface area contributed by atoms with Crippen molar-refractivity contribution < 1.29 is 5.11 Å². The van der Waals surface area contributed by atoms with Crippen molar-refractivity contribution in [1.82, 2.24) is 14.8 Å². The number of rotatable bonds is 2. The number of phenolic OH excluding ortho intramolecular Hbond substituents is 1. The van der Waals surface area contributed by atoms with Crippen LogP contribution in [0.25, 0.3) is 16.9 Å². The highest BCUT2D eigenvalue weighted by atomic mass is 16.3. The summed E-state index contributed by atoms with van der Waals surface area (Å²) in [5.41, 5.74) is 2.76. The quantitative estimate of drug-likeness (QED) is 0.745. The lowest BCUT2D eigenvalue weighted by Crippen LogP contribution is -1.94. The molecule has 0 radical (unpaired) electrons. The zero-order valence-corrected chi connectivity index (χ0v) is 9.56. The van der Waals surface area contributed by atoms with Crippen LogP contribution in [0, 0.1) is 0 Å². The molecule has 4 heteroatoms. The van der Waals surface area contributed by atoms with E-state index in [4.69, 9.17) is 0 Å². The Labute approximate surface area is 104 Å². The average Bonchev–Trinajstić information content (AvgIpc) is 2.90. The van der Waals surface area contributed by atoms with E-state index in [1.54, 1.807) is 29.2 Å². The predicted octanol–water partition coefficient (Wildman–Crippen LogP) is 2.64. The Balaban J connectivity index is 1.97. The topological polar surface area (TPSA) is 50.9 Å². The molecule has 3 rings (SSSR count). The van der Waals surface area contributed by atoms with Crippen molar-refractivity contribution in [2.24, 2.45) is 0 Å². The average molecular weight is 237 g/mol. The van der Waals surface area contributed by atoms with Gasteiger partial charge in [-0.25, -0.2) is 4.68 Å². The molecule has 0 aliphatic rings.